The second-order valence-corrected chi connectivity index (χ2v) is 10.5. The molecule has 172 valence electrons. The first kappa shape index (κ1) is 23.6. The molecule has 0 aromatic heterocycles. The van der Waals surface area contributed by atoms with Crippen molar-refractivity contribution in [3.8, 4) is 0 Å². The highest BCUT2D eigenvalue weighted by molar-refractivity contribution is 5.99. The van der Waals surface area contributed by atoms with E-state index in [9.17, 15) is 24.0 Å². The zero-order chi connectivity index (χ0) is 23.1. The van der Waals surface area contributed by atoms with Gasteiger partial charge in [0.15, 0.2) is 0 Å². The molecule has 1 N–H and O–H groups in total. The molecule has 0 aromatic rings. The summed E-state index contributed by atoms with van der Waals surface area (Å²) in [7, 11) is 1.28. The molecule has 0 heterocycles. The molecule has 0 aromatic carbocycles. The molecular weight excluding hydrogens is 398 g/mol. The van der Waals surface area contributed by atoms with Crippen molar-refractivity contribution in [1.29, 1.82) is 0 Å². The molecule has 3 aliphatic carbocycles. The highest BCUT2D eigenvalue weighted by atomic mass is 16.5. The average Bonchev–Trinajstić information content (AvgIpc) is 3.00. The number of esters is 1. The maximum Gasteiger partial charge on any atom is 0.328 e. The van der Waals surface area contributed by atoms with Crippen molar-refractivity contribution in [2.24, 2.45) is 34.5 Å². The maximum atomic E-state index is 13.3. The van der Waals surface area contributed by atoms with Crippen molar-refractivity contribution in [1.82, 2.24) is 5.32 Å². The number of methoxy groups -OCH3 is 1. The van der Waals surface area contributed by atoms with Crippen LogP contribution in [-0.2, 0) is 28.7 Å². The molecule has 0 radical (unpaired) electrons. The summed E-state index contributed by atoms with van der Waals surface area (Å²) in [5.41, 5.74) is -1.51. The first-order chi connectivity index (χ1) is 14.5. The molecule has 6 atom stereocenters. The van der Waals surface area contributed by atoms with Gasteiger partial charge in [0, 0.05) is 42.4 Å². The normalized spacial score (nSPS) is 36.1. The summed E-state index contributed by atoms with van der Waals surface area (Å²) in [6.07, 6.45) is 2.82. The minimum Gasteiger partial charge on any atom is -0.467 e. The summed E-state index contributed by atoms with van der Waals surface area (Å²) < 4.78 is 4.77. The summed E-state index contributed by atoms with van der Waals surface area (Å²) in [5.74, 6) is -1.07. The van der Waals surface area contributed by atoms with Crippen molar-refractivity contribution >= 4 is 29.2 Å². The lowest BCUT2D eigenvalue weighted by molar-refractivity contribution is -0.160. The molecule has 1 amide bonds. The summed E-state index contributed by atoms with van der Waals surface area (Å²) in [6.45, 7) is 7.37. The van der Waals surface area contributed by atoms with Crippen molar-refractivity contribution in [2.45, 2.75) is 78.7 Å². The monoisotopic (exact) mass is 433 g/mol. The Bertz CT molecular complexity index is 804. The van der Waals surface area contributed by atoms with Gasteiger partial charge in [0.25, 0.3) is 0 Å². The van der Waals surface area contributed by atoms with E-state index in [4.69, 9.17) is 4.74 Å². The zero-order valence-electron chi connectivity index (χ0n) is 19.3. The van der Waals surface area contributed by atoms with Crippen molar-refractivity contribution < 1.29 is 28.7 Å². The first-order valence-corrected chi connectivity index (χ1v) is 11.4. The summed E-state index contributed by atoms with van der Waals surface area (Å²) in [5, 5.41) is 2.72. The van der Waals surface area contributed by atoms with Crippen LogP contribution in [0.4, 0.5) is 0 Å². The molecular formula is C24H35NO6. The molecule has 7 nitrogen and oxygen atoms in total. The molecule has 3 fully saturated rings. The van der Waals surface area contributed by atoms with Crippen LogP contribution in [0.25, 0.3) is 0 Å². The zero-order valence-corrected chi connectivity index (χ0v) is 19.3. The second-order valence-electron chi connectivity index (χ2n) is 10.5. The van der Waals surface area contributed by atoms with Crippen molar-refractivity contribution in [3.63, 3.8) is 0 Å². The van der Waals surface area contributed by atoms with Gasteiger partial charge < -0.3 is 10.1 Å². The van der Waals surface area contributed by atoms with Gasteiger partial charge in [0.2, 0.25) is 5.91 Å². The van der Waals surface area contributed by atoms with Crippen LogP contribution in [0.3, 0.4) is 0 Å². The number of nitrogens with one attached hydrogen (secondary N) is 1. The number of rotatable bonds is 6. The molecule has 3 rings (SSSR count). The topological polar surface area (TPSA) is 107 Å². The Morgan fingerprint density at radius 1 is 1.10 bits per heavy atom. The van der Waals surface area contributed by atoms with Crippen molar-refractivity contribution in [2.75, 3.05) is 7.11 Å². The fourth-order valence-corrected chi connectivity index (χ4v) is 6.45. The first-order valence-electron chi connectivity index (χ1n) is 11.4. The van der Waals surface area contributed by atoms with E-state index in [0.29, 0.717) is 19.3 Å². The predicted octanol–water partition coefficient (Wildman–Crippen LogP) is 2.64. The molecule has 0 spiro atoms. The van der Waals surface area contributed by atoms with Crippen LogP contribution in [0.2, 0.25) is 0 Å². The number of ether oxygens (including phenoxy) is 1. The molecule has 3 saturated carbocycles. The van der Waals surface area contributed by atoms with Gasteiger partial charge >= 0.3 is 5.97 Å². The molecule has 0 aliphatic heterocycles. The van der Waals surface area contributed by atoms with E-state index in [-0.39, 0.29) is 60.3 Å². The van der Waals surface area contributed by atoms with Crippen LogP contribution in [0.15, 0.2) is 0 Å². The highest BCUT2D eigenvalue weighted by Gasteiger charge is 2.62. The maximum absolute atomic E-state index is 13.3. The van der Waals surface area contributed by atoms with Gasteiger partial charge in [0.1, 0.15) is 23.4 Å². The summed E-state index contributed by atoms with van der Waals surface area (Å²) >= 11 is 0. The average molecular weight is 434 g/mol. The third-order valence-electron chi connectivity index (χ3n) is 8.31. The van der Waals surface area contributed by atoms with Gasteiger partial charge in [-0.25, -0.2) is 4.79 Å². The van der Waals surface area contributed by atoms with Crippen LogP contribution in [0, 0.1) is 34.5 Å². The Morgan fingerprint density at radius 3 is 2.35 bits per heavy atom. The number of hydrogen-bond donors (Lipinski definition) is 1. The van der Waals surface area contributed by atoms with Gasteiger partial charge in [0.05, 0.1) is 7.11 Å². The van der Waals surface area contributed by atoms with Crippen LogP contribution in [0.1, 0.15) is 72.6 Å². The number of carbonyl (C=O) groups is 5. The lowest BCUT2D eigenvalue weighted by Gasteiger charge is -2.53. The van der Waals surface area contributed by atoms with E-state index in [1.54, 1.807) is 0 Å². The molecule has 7 heteroatoms. The Morgan fingerprint density at radius 2 is 1.74 bits per heavy atom. The number of fused-ring (bicyclic) bond motifs is 3. The van der Waals surface area contributed by atoms with Gasteiger partial charge in [-0.2, -0.15) is 0 Å². The van der Waals surface area contributed by atoms with Gasteiger partial charge in [-0.1, -0.05) is 27.7 Å². The van der Waals surface area contributed by atoms with Gasteiger partial charge in [-0.3, -0.25) is 19.2 Å². The van der Waals surface area contributed by atoms with Crippen LogP contribution < -0.4 is 5.32 Å². The molecule has 5 unspecified atom stereocenters. The minimum absolute atomic E-state index is 0.00965. The number of carbonyl (C=O) groups excluding carboxylic acids is 5. The van der Waals surface area contributed by atoms with E-state index in [1.165, 1.54) is 7.11 Å². The lowest BCUT2D eigenvalue weighted by atomic mass is 9.48. The number of amides is 1. The molecule has 31 heavy (non-hydrogen) atoms. The van der Waals surface area contributed by atoms with E-state index in [1.807, 2.05) is 27.7 Å². The van der Waals surface area contributed by atoms with E-state index >= 15 is 0 Å². The van der Waals surface area contributed by atoms with Crippen LogP contribution in [0.5, 0.6) is 0 Å². The Balaban J connectivity index is 1.76. The Labute approximate surface area is 184 Å². The SMILES string of the molecule is COC(=O)C(NC(=O)CC[C@@]1(C)C(=O)CCC2C3CCC(=O)C3(C)CC(=O)C21)C(C)C. The summed E-state index contributed by atoms with van der Waals surface area (Å²) in [6, 6.07) is -0.748. The van der Waals surface area contributed by atoms with Crippen LogP contribution >= 0.6 is 0 Å². The summed E-state index contributed by atoms with van der Waals surface area (Å²) in [4.78, 5) is 63.4. The Hall–Kier alpha value is -2.05. The predicted molar refractivity (Wildman–Crippen MR) is 113 cm³/mol. The quantitative estimate of drug-likeness (QED) is 0.646. The highest BCUT2D eigenvalue weighted by Crippen LogP contribution is 2.60. The minimum atomic E-state index is -0.914. The fourth-order valence-electron chi connectivity index (χ4n) is 6.45. The molecule has 3 aliphatic rings. The molecule has 0 saturated heterocycles. The smallest absolute Gasteiger partial charge is 0.328 e. The largest absolute Gasteiger partial charge is 0.467 e. The second kappa shape index (κ2) is 8.47. The van der Waals surface area contributed by atoms with Gasteiger partial charge in [-0.05, 0) is 37.0 Å². The number of ketones is 3. The standard InChI is InChI=1S/C24H35NO6/c1-13(2)21(22(30)31-5)25-19(29)10-11-23(3)17(27)8-6-14-15-7-9-18(28)24(15,4)12-16(26)20(14)23/h13-15,20-21H,6-12H2,1-5H3,(H,25,29)/t14?,15?,20?,21?,23-,24?/m0/s1. The number of Topliss-reactive ketones (excluding diaryl/α,β-unsaturated/α-hetero) is 3. The van der Waals surface area contributed by atoms with Crippen LogP contribution in [-0.4, -0.2) is 42.4 Å². The molecule has 0 bridgehead atoms. The lowest BCUT2D eigenvalue weighted by Crippen LogP contribution is -2.56. The third-order valence-corrected chi connectivity index (χ3v) is 8.31. The third kappa shape index (κ3) is 3.96. The van der Waals surface area contributed by atoms with E-state index in [0.717, 1.165) is 6.42 Å². The van der Waals surface area contributed by atoms with E-state index < -0.39 is 28.8 Å². The van der Waals surface area contributed by atoms with E-state index in [2.05, 4.69) is 5.32 Å². The fraction of sp³-hybridized carbons (Fsp3) is 0.792. The van der Waals surface area contributed by atoms with Crippen molar-refractivity contribution in [3.05, 3.63) is 0 Å². The Kier molecular flexibility index (Phi) is 6.45. The van der Waals surface area contributed by atoms with Gasteiger partial charge in [-0.15, -0.1) is 0 Å². The number of hydrogen-bond acceptors (Lipinski definition) is 6.